The third-order valence-corrected chi connectivity index (χ3v) is 4.61. The normalized spacial score (nSPS) is 16.5. The summed E-state index contributed by atoms with van der Waals surface area (Å²) in [4.78, 5) is 21.9. The van der Waals surface area contributed by atoms with Gasteiger partial charge in [-0.25, -0.2) is 4.98 Å². The lowest BCUT2D eigenvalue weighted by Crippen LogP contribution is -2.36. The number of ether oxygens (including phenoxy) is 1. The Bertz CT molecular complexity index is 654. The molecular formula is C19H25N3O2. The Morgan fingerprint density at radius 2 is 2.17 bits per heavy atom. The largest absolute Gasteiger partial charge is 0.494 e. The van der Waals surface area contributed by atoms with Crippen LogP contribution in [0.4, 0.5) is 0 Å². The maximum absolute atomic E-state index is 12.6. The summed E-state index contributed by atoms with van der Waals surface area (Å²) in [6.07, 6.45) is 6.22. The van der Waals surface area contributed by atoms with Gasteiger partial charge in [0.1, 0.15) is 5.75 Å². The molecule has 0 radical (unpaired) electrons. The van der Waals surface area contributed by atoms with Crippen LogP contribution in [0.2, 0.25) is 0 Å². The van der Waals surface area contributed by atoms with Gasteiger partial charge in [-0.2, -0.15) is 0 Å². The van der Waals surface area contributed by atoms with Crippen molar-refractivity contribution in [3.05, 3.63) is 48.0 Å². The number of aromatic nitrogens is 2. The van der Waals surface area contributed by atoms with E-state index in [1.165, 1.54) is 0 Å². The second-order valence-corrected chi connectivity index (χ2v) is 6.40. The predicted octanol–water partition coefficient (Wildman–Crippen LogP) is 2.83. The second-order valence-electron chi connectivity index (χ2n) is 6.40. The summed E-state index contributed by atoms with van der Waals surface area (Å²) in [6.45, 7) is 1.47. The number of unbranched alkanes of at least 4 members (excludes halogenated alkanes) is 1. The van der Waals surface area contributed by atoms with Crippen molar-refractivity contribution in [2.75, 3.05) is 20.2 Å². The molecule has 1 unspecified atom stereocenters. The summed E-state index contributed by atoms with van der Waals surface area (Å²) in [6, 6.07) is 9.84. The molecule has 0 fully saturated rings. The number of benzene rings is 1. The SMILES string of the molecule is CN(CCCCOc1ccccc1)C(=O)C1CCc2nc[nH]c2C1. The number of hydrogen-bond acceptors (Lipinski definition) is 3. The molecule has 0 saturated heterocycles. The molecule has 1 atom stereocenters. The van der Waals surface area contributed by atoms with Crippen molar-refractivity contribution in [2.45, 2.75) is 32.1 Å². The van der Waals surface area contributed by atoms with E-state index in [2.05, 4.69) is 9.97 Å². The van der Waals surface area contributed by atoms with Crippen molar-refractivity contribution < 1.29 is 9.53 Å². The van der Waals surface area contributed by atoms with Gasteiger partial charge in [-0.05, 0) is 37.8 Å². The average molecular weight is 327 g/mol. The van der Waals surface area contributed by atoms with E-state index in [0.717, 1.165) is 55.8 Å². The summed E-state index contributed by atoms with van der Waals surface area (Å²) >= 11 is 0. The third-order valence-electron chi connectivity index (χ3n) is 4.61. The molecule has 1 amide bonds. The molecule has 2 aromatic rings. The molecule has 1 aromatic carbocycles. The number of carbonyl (C=O) groups is 1. The summed E-state index contributed by atoms with van der Waals surface area (Å²) in [7, 11) is 1.91. The van der Waals surface area contributed by atoms with Crippen LogP contribution in [0.3, 0.4) is 0 Å². The highest BCUT2D eigenvalue weighted by Gasteiger charge is 2.27. The Morgan fingerprint density at radius 3 is 3.00 bits per heavy atom. The number of nitrogens with zero attached hydrogens (tertiary/aromatic N) is 2. The molecule has 1 heterocycles. The quantitative estimate of drug-likeness (QED) is 0.796. The van der Waals surface area contributed by atoms with Crippen LogP contribution in [0.25, 0.3) is 0 Å². The molecule has 0 aliphatic heterocycles. The summed E-state index contributed by atoms with van der Waals surface area (Å²) in [5, 5.41) is 0. The molecule has 1 N–H and O–H groups in total. The lowest BCUT2D eigenvalue weighted by molar-refractivity contribution is -0.134. The number of imidazole rings is 1. The number of rotatable bonds is 7. The van der Waals surface area contributed by atoms with Crippen LogP contribution in [0.15, 0.2) is 36.7 Å². The summed E-state index contributed by atoms with van der Waals surface area (Å²) in [5.74, 6) is 1.24. The Morgan fingerprint density at radius 1 is 1.33 bits per heavy atom. The standard InChI is InChI=1S/C19H25N3O2/c1-22(11-5-6-12-24-16-7-3-2-4-8-16)19(23)15-9-10-17-18(13-15)21-14-20-17/h2-4,7-8,14-15H,5-6,9-13H2,1H3,(H,20,21). The van der Waals surface area contributed by atoms with Crippen molar-refractivity contribution in [2.24, 2.45) is 5.92 Å². The number of hydrogen-bond donors (Lipinski definition) is 1. The Kier molecular flexibility index (Phi) is 5.51. The minimum absolute atomic E-state index is 0.0866. The fourth-order valence-electron chi connectivity index (χ4n) is 3.19. The van der Waals surface area contributed by atoms with E-state index in [9.17, 15) is 4.79 Å². The molecule has 1 aliphatic rings. The highest BCUT2D eigenvalue weighted by Crippen LogP contribution is 2.24. The van der Waals surface area contributed by atoms with Crippen molar-refractivity contribution >= 4 is 5.91 Å². The van der Waals surface area contributed by atoms with Gasteiger partial charge in [-0.1, -0.05) is 18.2 Å². The molecule has 24 heavy (non-hydrogen) atoms. The van der Waals surface area contributed by atoms with E-state index in [1.54, 1.807) is 6.33 Å². The molecule has 128 valence electrons. The Balaban J connectivity index is 1.36. The maximum atomic E-state index is 12.6. The van der Waals surface area contributed by atoms with Crippen molar-refractivity contribution in [3.63, 3.8) is 0 Å². The Labute approximate surface area is 143 Å². The molecule has 3 rings (SSSR count). The van der Waals surface area contributed by atoms with Gasteiger partial charge in [-0.15, -0.1) is 0 Å². The molecule has 0 bridgehead atoms. The molecule has 1 aliphatic carbocycles. The number of aryl methyl sites for hydroxylation is 1. The van der Waals surface area contributed by atoms with Crippen molar-refractivity contribution in [3.8, 4) is 5.75 Å². The Hall–Kier alpha value is -2.30. The first-order valence-corrected chi connectivity index (χ1v) is 8.68. The summed E-state index contributed by atoms with van der Waals surface area (Å²) < 4.78 is 5.68. The number of amides is 1. The summed E-state index contributed by atoms with van der Waals surface area (Å²) in [5.41, 5.74) is 2.25. The highest BCUT2D eigenvalue weighted by molar-refractivity contribution is 5.79. The number of aromatic amines is 1. The molecule has 5 nitrogen and oxygen atoms in total. The van der Waals surface area contributed by atoms with E-state index in [0.29, 0.717) is 6.61 Å². The molecular weight excluding hydrogens is 302 g/mol. The first-order valence-electron chi connectivity index (χ1n) is 8.68. The molecule has 5 heteroatoms. The third kappa shape index (κ3) is 4.16. The average Bonchev–Trinajstić information content (AvgIpc) is 3.09. The van der Waals surface area contributed by atoms with E-state index in [1.807, 2.05) is 42.3 Å². The van der Waals surface area contributed by atoms with Gasteiger partial charge in [0.2, 0.25) is 5.91 Å². The van der Waals surface area contributed by atoms with Gasteiger partial charge in [0.05, 0.1) is 18.6 Å². The number of nitrogens with one attached hydrogen (secondary N) is 1. The number of H-pyrrole nitrogens is 1. The van der Waals surface area contributed by atoms with Crippen LogP contribution in [0.5, 0.6) is 5.75 Å². The van der Waals surface area contributed by atoms with Gasteiger partial charge < -0.3 is 14.6 Å². The minimum Gasteiger partial charge on any atom is -0.494 e. The fraction of sp³-hybridized carbons (Fsp3) is 0.474. The van der Waals surface area contributed by atoms with Gasteiger partial charge in [0.25, 0.3) is 0 Å². The van der Waals surface area contributed by atoms with Crippen LogP contribution >= 0.6 is 0 Å². The monoisotopic (exact) mass is 327 g/mol. The van der Waals surface area contributed by atoms with Gasteiger partial charge in [0, 0.05) is 31.6 Å². The van der Waals surface area contributed by atoms with Gasteiger partial charge in [0.15, 0.2) is 0 Å². The molecule has 0 spiro atoms. The lowest BCUT2D eigenvalue weighted by Gasteiger charge is -2.26. The maximum Gasteiger partial charge on any atom is 0.225 e. The van der Waals surface area contributed by atoms with E-state index in [-0.39, 0.29) is 11.8 Å². The number of carbonyl (C=O) groups excluding carboxylic acids is 1. The zero-order chi connectivity index (χ0) is 16.8. The smallest absolute Gasteiger partial charge is 0.225 e. The van der Waals surface area contributed by atoms with Crippen molar-refractivity contribution in [1.82, 2.24) is 14.9 Å². The van der Waals surface area contributed by atoms with E-state index < -0.39 is 0 Å². The fourth-order valence-corrected chi connectivity index (χ4v) is 3.19. The van der Waals surface area contributed by atoms with Crippen LogP contribution in [0, 0.1) is 5.92 Å². The highest BCUT2D eigenvalue weighted by atomic mass is 16.5. The first-order chi connectivity index (χ1) is 11.7. The van der Waals surface area contributed by atoms with Crippen molar-refractivity contribution in [1.29, 1.82) is 0 Å². The lowest BCUT2D eigenvalue weighted by atomic mass is 9.89. The topological polar surface area (TPSA) is 58.2 Å². The second kappa shape index (κ2) is 7.99. The van der Waals surface area contributed by atoms with E-state index in [4.69, 9.17) is 4.74 Å². The first kappa shape index (κ1) is 16.6. The zero-order valence-electron chi connectivity index (χ0n) is 14.2. The molecule has 1 aromatic heterocycles. The van der Waals surface area contributed by atoms with Gasteiger partial charge in [-0.3, -0.25) is 4.79 Å². The molecule has 0 saturated carbocycles. The van der Waals surface area contributed by atoms with Crippen LogP contribution in [0.1, 0.15) is 30.7 Å². The van der Waals surface area contributed by atoms with E-state index >= 15 is 0 Å². The predicted molar refractivity (Wildman–Crippen MR) is 92.9 cm³/mol. The van der Waals surface area contributed by atoms with Crippen LogP contribution in [-0.2, 0) is 17.6 Å². The number of para-hydroxylation sites is 1. The zero-order valence-corrected chi connectivity index (χ0v) is 14.2. The van der Waals surface area contributed by atoms with Gasteiger partial charge >= 0.3 is 0 Å². The number of fused-ring (bicyclic) bond motifs is 1. The van der Waals surface area contributed by atoms with Crippen LogP contribution < -0.4 is 4.74 Å². The minimum atomic E-state index is 0.0866. The van der Waals surface area contributed by atoms with Crippen LogP contribution in [-0.4, -0.2) is 41.0 Å².